The molecule has 186 valence electrons. The van der Waals surface area contributed by atoms with Crippen LogP contribution in [0.1, 0.15) is 5.56 Å². The van der Waals surface area contributed by atoms with Crippen molar-refractivity contribution in [2.75, 3.05) is 0 Å². The Morgan fingerprint density at radius 1 is 0.531 bits per heavy atom. The zero-order valence-electron chi connectivity index (χ0n) is 17.3. The van der Waals surface area contributed by atoms with Gasteiger partial charge in [-0.3, -0.25) is 0 Å². The Hall–Kier alpha value is 3.57. The van der Waals surface area contributed by atoms with Gasteiger partial charge in [-0.2, -0.15) is 0 Å². The molecule has 1 aromatic rings. The summed E-state index contributed by atoms with van der Waals surface area (Å²) in [4.78, 5) is 0. The van der Waals surface area contributed by atoms with Gasteiger partial charge < -0.3 is 0 Å². The normalized spacial score (nSPS) is 21.1. The summed E-state index contributed by atoms with van der Waals surface area (Å²) < 4.78 is -7.43. The van der Waals surface area contributed by atoms with Crippen LogP contribution in [0.25, 0.3) is 0 Å². The summed E-state index contributed by atoms with van der Waals surface area (Å²) >= 11 is 82.8. The SMILES string of the molecule is [SiH3]C(Cl)C(Cl)(Cl)C(C(Cl)(Cl)C([SiH3])Cl)C(c1ccccc1)(C(Cl)(Cl)C([SiH3])Cl)C(Cl)(Cl)C([SiH3])Cl. The van der Waals surface area contributed by atoms with E-state index in [0.717, 1.165) is 0 Å². The monoisotopic (exact) mass is 746 g/mol. The van der Waals surface area contributed by atoms with Gasteiger partial charge in [0, 0.05) is 56.9 Å². The van der Waals surface area contributed by atoms with E-state index in [-0.39, 0.29) is 0 Å². The van der Waals surface area contributed by atoms with Gasteiger partial charge in [-0.1, -0.05) is 123 Å². The van der Waals surface area contributed by atoms with Crippen LogP contribution in [0.3, 0.4) is 0 Å². The van der Waals surface area contributed by atoms with Crippen molar-refractivity contribution in [3.63, 3.8) is 0 Å². The first-order valence-corrected chi connectivity index (χ1v) is 18.8. The Bertz CT molecular complexity index is 715. The Labute approximate surface area is 261 Å². The molecule has 0 aliphatic rings. The van der Waals surface area contributed by atoms with Gasteiger partial charge in [0.1, 0.15) is 17.3 Å². The molecule has 0 saturated heterocycles. The van der Waals surface area contributed by atoms with Crippen LogP contribution in [-0.2, 0) is 5.41 Å². The standard InChI is InChI=1S/C16H22Cl12Si4/c17-8(29)13(21,22)7(14(23,24)9(18)30)12(15(25,26)10(19)31,16(27,28)11(20)32)6-4-2-1-3-5-6/h1-5,7-11H,29-32H3. The second kappa shape index (κ2) is 12.2. The van der Waals surface area contributed by atoms with E-state index in [1.807, 2.05) is 0 Å². The molecule has 0 radical (unpaired) electrons. The zero-order valence-corrected chi connectivity index (χ0v) is 34.4. The zero-order chi connectivity index (χ0) is 25.5. The lowest BCUT2D eigenvalue weighted by atomic mass is 9.62. The number of halogens is 12. The van der Waals surface area contributed by atoms with E-state index in [0.29, 0.717) is 46.5 Å². The van der Waals surface area contributed by atoms with Crippen molar-refractivity contribution in [2.45, 2.75) is 42.7 Å². The smallest absolute Gasteiger partial charge is 0.124 e. The van der Waals surface area contributed by atoms with E-state index in [4.69, 9.17) is 139 Å². The van der Waals surface area contributed by atoms with Crippen molar-refractivity contribution >= 4 is 180 Å². The highest BCUT2D eigenvalue weighted by molar-refractivity contribution is 6.66. The molecule has 1 rings (SSSR count). The molecule has 16 heteroatoms. The summed E-state index contributed by atoms with van der Waals surface area (Å²) in [5, 5.41) is -3.21. The molecule has 0 saturated carbocycles. The lowest BCUT2D eigenvalue weighted by Gasteiger charge is -2.62. The molecule has 0 bridgehead atoms. The molecule has 4 atom stereocenters. The minimum Gasteiger partial charge on any atom is -0.124 e. The summed E-state index contributed by atoms with van der Waals surface area (Å²) in [6.07, 6.45) is 0. The van der Waals surface area contributed by atoms with Crippen LogP contribution in [0.5, 0.6) is 0 Å². The van der Waals surface area contributed by atoms with Gasteiger partial charge >= 0.3 is 0 Å². The van der Waals surface area contributed by atoms with Crippen molar-refractivity contribution < 1.29 is 0 Å². The fraction of sp³-hybridized carbons (Fsp3) is 0.625. The molecule has 0 fully saturated rings. The highest BCUT2D eigenvalue weighted by atomic mass is 35.5. The fourth-order valence-electron chi connectivity index (χ4n) is 3.78. The summed E-state index contributed by atoms with van der Waals surface area (Å²) in [6, 6.07) is 8.77. The molecule has 32 heavy (non-hydrogen) atoms. The maximum Gasteiger partial charge on any atom is 0.143 e. The lowest BCUT2D eigenvalue weighted by Crippen LogP contribution is -2.73. The molecule has 0 spiro atoms. The maximum absolute atomic E-state index is 7.13. The van der Waals surface area contributed by atoms with Crippen LogP contribution < -0.4 is 0 Å². The van der Waals surface area contributed by atoms with Crippen molar-refractivity contribution in [3.05, 3.63) is 35.9 Å². The molecule has 1 aromatic carbocycles. The van der Waals surface area contributed by atoms with Crippen molar-refractivity contribution in [1.29, 1.82) is 0 Å². The van der Waals surface area contributed by atoms with Gasteiger partial charge in [-0.05, 0) is 5.56 Å². The summed E-state index contributed by atoms with van der Waals surface area (Å²) in [5.74, 6) is -1.30. The van der Waals surface area contributed by atoms with Crippen LogP contribution in [0.2, 0.25) is 0 Å². The average Bonchev–Trinajstić information content (AvgIpc) is 2.65. The van der Waals surface area contributed by atoms with Crippen LogP contribution in [0, 0.1) is 5.92 Å². The average molecular weight is 752 g/mol. The summed E-state index contributed by atoms with van der Waals surface area (Å²) in [6.45, 7) is 0. The first-order chi connectivity index (χ1) is 14.2. The highest BCUT2D eigenvalue weighted by Crippen LogP contribution is 2.69. The van der Waals surface area contributed by atoms with Crippen molar-refractivity contribution in [3.8, 4) is 0 Å². The largest absolute Gasteiger partial charge is 0.143 e. The molecule has 0 heterocycles. The summed E-state index contributed by atoms with van der Waals surface area (Å²) in [5.41, 5.74) is -1.35. The summed E-state index contributed by atoms with van der Waals surface area (Å²) in [7, 11) is 1.36. The Kier molecular flexibility index (Phi) is 12.8. The number of hydrogen-bond acceptors (Lipinski definition) is 0. The van der Waals surface area contributed by atoms with Gasteiger partial charge in [0.05, 0.1) is 15.4 Å². The second-order valence-electron chi connectivity index (χ2n) is 7.67. The van der Waals surface area contributed by atoms with Crippen molar-refractivity contribution in [2.24, 2.45) is 5.92 Å². The Morgan fingerprint density at radius 3 is 1.09 bits per heavy atom. The first kappa shape index (κ1) is 33.6. The number of benzene rings is 1. The van der Waals surface area contributed by atoms with E-state index in [9.17, 15) is 0 Å². The predicted molar refractivity (Wildman–Crippen MR) is 168 cm³/mol. The molecule has 4 unspecified atom stereocenters. The Balaban J connectivity index is 4.50. The fourth-order valence-corrected chi connectivity index (χ4v) is 9.18. The quantitative estimate of drug-likeness (QED) is 0.251. The Morgan fingerprint density at radius 2 is 0.844 bits per heavy atom. The maximum atomic E-state index is 7.13. The van der Waals surface area contributed by atoms with Gasteiger partial charge in [0.15, 0.2) is 0 Å². The molecular weight excluding hydrogens is 730 g/mol. The highest BCUT2D eigenvalue weighted by Gasteiger charge is 2.76. The molecular formula is C16H22Cl12Si4. The van der Waals surface area contributed by atoms with Gasteiger partial charge in [0.25, 0.3) is 0 Å². The van der Waals surface area contributed by atoms with Crippen LogP contribution in [0.4, 0.5) is 0 Å². The first-order valence-electron chi connectivity index (χ1n) is 9.38. The predicted octanol–water partition coefficient (Wildman–Crippen LogP) is 3.96. The van der Waals surface area contributed by atoms with Crippen molar-refractivity contribution in [1.82, 2.24) is 0 Å². The minimum absolute atomic E-state index is 0.332. The van der Waals surface area contributed by atoms with E-state index in [1.54, 1.807) is 30.3 Å². The van der Waals surface area contributed by atoms with Gasteiger partial charge in [-0.25, -0.2) is 0 Å². The molecule has 0 aliphatic heterocycles. The van der Waals surface area contributed by atoms with Gasteiger partial charge in [0.2, 0.25) is 0 Å². The minimum atomic E-state index is -1.89. The topological polar surface area (TPSA) is 0 Å². The van der Waals surface area contributed by atoms with Crippen LogP contribution in [-0.4, -0.2) is 78.3 Å². The van der Waals surface area contributed by atoms with E-state index < -0.39 is 48.7 Å². The van der Waals surface area contributed by atoms with E-state index in [1.165, 1.54) is 0 Å². The number of rotatable bonds is 10. The second-order valence-corrected chi connectivity index (χ2v) is 23.5. The number of hydrogen-bond donors (Lipinski definition) is 0. The third-order valence-electron chi connectivity index (χ3n) is 5.54. The van der Waals surface area contributed by atoms with E-state index in [2.05, 4.69) is 0 Å². The third-order valence-corrected chi connectivity index (χ3v) is 18.9. The van der Waals surface area contributed by atoms with Gasteiger partial charge in [-0.15, -0.1) is 46.4 Å². The third kappa shape index (κ3) is 5.92. The molecule has 0 aliphatic carbocycles. The molecule has 0 amide bonds. The van der Waals surface area contributed by atoms with Crippen LogP contribution in [0.15, 0.2) is 30.3 Å². The molecule has 0 aromatic heterocycles. The van der Waals surface area contributed by atoms with E-state index >= 15 is 0 Å². The molecule has 0 N–H and O–H groups in total. The molecule has 0 nitrogen and oxygen atoms in total. The lowest BCUT2D eigenvalue weighted by molar-refractivity contribution is 0.180. The van der Waals surface area contributed by atoms with Crippen LogP contribution >= 0.6 is 139 Å². The number of alkyl halides is 12.